The van der Waals surface area contributed by atoms with E-state index in [4.69, 9.17) is 15.0 Å². The number of hydrogen-bond acceptors (Lipinski definition) is 6. The van der Waals surface area contributed by atoms with Crippen LogP contribution in [0.1, 0.15) is 30.3 Å². The molecule has 162 valence electrons. The largest absolute Gasteiger partial charge is 0.497 e. The molecule has 0 radical (unpaired) electrons. The first-order chi connectivity index (χ1) is 14.9. The van der Waals surface area contributed by atoms with E-state index in [0.29, 0.717) is 30.1 Å². The standard InChI is InChI=1S/C22H23FN4O4/c1-27(20(21(24)29)15-5-3-6-16(23)13-15)19(28)8-4-7-18-25-22(26-31-18)14-9-11-17(30-2)12-10-14/h3,5-6,9-13,20H,4,7-8H2,1-2H3,(H2,24,29). The first-order valence-electron chi connectivity index (χ1n) is 9.66. The van der Waals surface area contributed by atoms with Gasteiger partial charge in [0, 0.05) is 25.5 Å². The zero-order valence-corrected chi connectivity index (χ0v) is 17.2. The summed E-state index contributed by atoms with van der Waals surface area (Å²) >= 11 is 0. The molecule has 0 aliphatic rings. The molecule has 3 rings (SSSR count). The number of ether oxygens (including phenoxy) is 1. The van der Waals surface area contributed by atoms with E-state index in [1.165, 1.54) is 30.1 Å². The lowest BCUT2D eigenvalue weighted by atomic mass is 10.0. The summed E-state index contributed by atoms with van der Waals surface area (Å²) in [5, 5.41) is 3.96. The number of likely N-dealkylation sites (N-methyl/N-ethyl adjacent to an activating group) is 1. The van der Waals surface area contributed by atoms with Crippen LogP contribution in [-0.2, 0) is 16.0 Å². The SMILES string of the molecule is COc1ccc(-c2noc(CCCC(=O)N(C)C(C(N)=O)c3cccc(F)c3)n2)cc1. The van der Waals surface area contributed by atoms with E-state index in [9.17, 15) is 14.0 Å². The summed E-state index contributed by atoms with van der Waals surface area (Å²) in [4.78, 5) is 30.0. The average molecular weight is 426 g/mol. The lowest BCUT2D eigenvalue weighted by molar-refractivity contribution is -0.138. The summed E-state index contributed by atoms with van der Waals surface area (Å²) in [6, 6.07) is 11.7. The second-order valence-corrected chi connectivity index (χ2v) is 6.96. The van der Waals surface area contributed by atoms with Crippen LogP contribution >= 0.6 is 0 Å². The van der Waals surface area contributed by atoms with Crippen LogP contribution in [0.15, 0.2) is 53.1 Å². The van der Waals surface area contributed by atoms with Gasteiger partial charge in [-0.25, -0.2) is 4.39 Å². The maximum Gasteiger partial charge on any atom is 0.244 e. The van der Waals surface area contributed by atoms with Crippen molar-refractivity contribution in [3.63, 3.8) is 0 Å². The number of amides is 2. The number of aromatic nitrogens is 2. The minimum absolute atomic E-state index is 0.135. The van der Waals surface area contributed by atoms with Crippen LogP contribution in [0.3, 0.4) is 0 Å². The Balaban J connectivity index is 1.57. The maximum absolute atomic E-state index is 13.5. The zero-order chi connectivity index (χ0) is 22.4. The van der Waals surface area contributed by atoms with Crippen molar-refractivity contribution in [2.75, 3.05) is 14.2 Å². The van der Waals surface area contributed by atoms with Crippen molar-refractivity contribution < 1.29 is 23.2 Å². The van der Waals surface area contributed by atoms with E-state index >= 15 is 0 Å². The van der Waals surface area contributed by atoms with Crippen LogP contribution in [0.4, 0.5) is 4.39 Å². The van der Waals surface area contributed by atoms with Gasteiger partial charge in [0.1, 0.15) is 17.6 Å². The molecule has 1 aromatic heterocycles. The van der Waals surface area contributed by atoms with Crippen LogP contribution in [-0.4, -0.2) is 41.0 Å². The number of carbonyl (C=O) groups excluding carboxylic acids is 2. The molecule has 8 nitrogen and oxygen atoms in total. The Hall–Kier alpha value is -3.75. The van der Waals surface area contributed by atoms with Crippen LogP contribution in [0.2, 0.25) is 0 Å². The van der Waals surface area contributed by atoms with Crippen molar-refractivity contribution in [2.45, 2.75) is 25.3 Å². The molecule has 1 unspecified atom stereocenters. The quantitative estimate of drug-likeness (QED) is 0.563. The highest BCUT2D eigenvalue weighted by Gasteiger charge is 2.26. The van der Waals surface area contributed by atoms with Crippen molar-refractivity contribution >= 4 is 11.8 Å². The highest BCUT2D eigenvalue weighted by Crippen LogP contribution is 2.22. The molecular weight excluding hydrogens is 403 g/mol. The van der Waals surface area contributed by atoms with E-state index in [1.54, 1.807) is 25.3 Å². The molecule has 3 aromatic rings. The number of hydrogen-bond donors (Lipinski definition) is 1. The van der Waals surface area contributed by atoms with Crippen molar-refractivity contribution in [1.82, 2.24) is 15.0 Å². The summed E-state index contributed by atoms with van der Waals surface area (Å²) in [6.45, 7) is 0. The van der Waals surface area contributed by atoms with Gasteiger partial charge in [0.15, 0.2) is 0 Å². The van der Waals surface area contributed by atoms with Gasteiger partial charge in [-0.15, -0.1) is 0 Å². The van der Waals surface area contributed by atoms with E-state index in [-0.39, 0.29) is 12.3 Å². The molecule has 2 aromatic carbocycles. The second-order valence-electron chi connectivity index (χ2n) is 6.96. The lowest BCUT2D eigenvalue weighted by Crippen LogP contribution is -2.39. The third-order valence-corrected chi connectivity index (χ3v) is 4.81. The van der Waals surface area contributed by atoms with Crippen LogP contribution in [0, 0.1) is 5.82 Å². The number of aryl methyl sites for hydroxylation is 1. The molecule has 0 aliphatic carbocycles. The number of nitrogens with two attached hydrogens (primary N) is 1. The predicted octanol–water partition coefficient (Wildman–Crippen LogP) is 2.89. The molecule has 1 heterocycles. The summed E-state index contributed by atoms with van der Waals surface area (Å²) in [6.07, 6.45) is 0.960. The van der Waals surface area contributed by atoms with Crippen molar-refractivity contribution in [2.24, 2.45) is 5.73 Å². The van der Waals surface area contributed by atoms with E-state index < -0.39 is 17.8 Å². The number of methoxy groups -OCH3 is 1. The fourth-order valence-corrected chi connectivity index (χ4v) is 3.18. The number of benzene rings is 2. The molecule has 9 heteroatoms. The predicted molar refractivity (Wildman–Crippen MR) is 110 cm³/mol. The number of primary amides is 1. The van der Waals surface area contributed by atoms with Gasteiger partial charge in [-0.1, -0.05) is 17.3 Å². The smallest absolute Gasteiger partial charge is 0.244 e. The highest BCUT2D eigenvalue weighted by atomic mass is 19.1. The third-order valence-electron chi connectivity index (χ3n) is 4.81. The molecular formula is C22H23FN4O4. The summed E-state index contributed by atoms with van der Waals surface area (Å²) in [7, 11) is 3.06. The van der Waals surface area contributed by atoms with E-state index in [1.807, 2.05) is 12.1 Å². The molecule has 0 saturated heterocycles. The van der Waals surface area contributed by atoms with Crippen molar-refractivity contribution in [1.29, 1.82) is 0 Å². The van der Waals surface area contributed by atoms with Gasteiger partial charge in [-0.2, -0.15) is 4.98 Å². The van der Waals surface area contributed by atoms with Gasteiger partial charge in [0.05, 0.1) is 7.11 Å². The molecule has 2 N–H and O–H groups in total. The molecule has 0 bridgehead atoms. The first-order valence-corrected chi connectivity index (χ1v) is 9.66. The van der Waals surface area contributed by atoms with E-state index in [2.05, 4.69) is 10.1 Å². The molecule has 0 fully saturated rings. The molecule has 0 spiro atoms. The van der Waals surface area contributed by atoms with Gasteiger partial charge >= 0.3 is 0 Å². The van der Waals surface area contributed by atoms with Crippen molar-refractivity contribution in [3.05, 3.63) is 65.8 Å². The Morgan fingerprint density at radius 1 is 1.23 bits per heavy atom. The summed E-state index contributed by atoms with van der Waals surface area (Å²) < 4.78 is 23.9. The normalized spacial score (nSPS) is 11.7. The Labute approximate surface area is 178 Å². The molecule has 2 amide bonds. The minimum atomic E-state index is -1.05. The third kappa shape index (κ3) is 5.44. The zero-order valence-electron chi connectivity index (χ0n) is 17.2. The van der Waals surface area contributed by atoms with Crippen molar-refractivity contribution in [3.8, 4) is 17.1 Å². The average Bonchev–Trinajstić information content (AvgIpc) is 3.22. The Morgan fingerprint density at radius 2 is 1.97 bits per heavy atom. The number of rotatable bonds is 9. The summed E-state index contributed by atoms with van der Waals surface area (Å²) in [5.74, 6) is 0.0283. The minimum Gasteiger partial charge on any atom is -0.497 e. The van der Waals surface area contributed by atoms with Crippen LogP contribution in [0.25, 0.3) is 11.4 Å². The number of nitrogens with zero attached hydrogens (tertiary/aromatic N) is 3. The Morgan fingerprint density at radius 3 is 2.61 bits per heavy atom. The van der Waals surface area contributed by atoms with Crippen LogP contribution < -0.4 is 10.5 Å². The van der Waals surface area contributed by atoms with Crippen LogP contribution in [0.5, 0.6) is 5.75 Å². The molecule has 31 heavy (non-hydrogen) atoms. The molecule has 1 atom stereocenters. The Bertz CT molecular complexity index is 1050. The second kappa shape index (κ2) is 9.84. The van der Waals surface area contributed by atoms with Gasteiger partial charge in [-0.05, 0) is 48.4 Å². The Kier molecular flexibility index (Phi) is 6.96. The fraction of sp³-hybridized carbons (Fsp3) is 0.273. The monoisotopic (exact) mass is 426 g/mol. The first kappa shape index (κ1) is 21.9. The van der Waals surface area contributed by atoms with Gasteiger partial charge in [-0.3, -0.25) is 9.59 Å². The number of carbonyl (C=O) groups is 2. The number of halogens is 1. The van der Waals surface area contributed by atoms with E-state index in [0.717, 1.165) is 11.3 Å². The van der Waals surface area contributed by atoms with Gasteiger partial charge < -0.3 is 19.9 Å². The highest BCUT2D eigenvalue weighted by molar-refractivity contribution is 5.87. The molecule has 0 saturated carbocycles. The maximum atomic E-state index is 13.5. The summed E-state index contributed by atoms with van der Waals surface area (Å²) in [5.41, 5.74) is 6.56. The van der Waals surface area contributed by atoms with Gasteiger partial charge in [0.25, 0.3) is 0 Å². The molecule has 0 aliphatic heterocycles. The lowest BCUT2D eigenvalue weighted by Gasteiger charge is -2.26. The fourth-order valence-electron chi connectivity index (χ4n) is 3.18. The topological polar surface area (TPSA) is 112 Å². The van der Waals surface area contributed by atoms with Gasteiger partial charge in [0.2, 0.25) is 23.5 Å².